The Kier molecular flexibility index (Phi) is 8.79. The van der Waals surface area contributed by atoms with E-state index in [4.69, 9.17) is 0 Å². The monoisotopic (exact) mass is 344 g/mol. The van der Waals surface area contributed by atoms with Gasteiger partial charge in [-0.25, -0.2) is 18.1 Å². The van der Waals surface area contributed by atoms with E-state index in [0.29, 0.717) is 38.6 Å². The smallest absolute Gasteiger partial charge is 0.211 e. The second kappa shape index (κ2) is 10.4. The van der Waals surface area contributed by atoms with Gasteiger partial charge >= 0.3 is 0 Å². The summed E-state index contributed by atoms with van der Waals surface area (Å²) in [6, 6.07) is 4.04. The van der Waals surface area contributed by atoms with Gasteiger partial charge in [-0.1, -0.05) is 12.1 Å². The van der Waals surface area contributed by atoms with Gasteiger partial charge in [0.1, 0.15) is 0 Å². The Morgan fingerprint density at radius 1 is 1.41 bits per heavy atom. The molecule has 0 atom stereocenters. The van der Waals surface area contributed by atoms with Crippen LogP contribution in [0.5, 0.6) is 0 Å². The first-order valence-electron chi connectivity index (χ1n) is 7.20. The normalized spacial score (nSPS) is 12.1. The van der Waals surface area contributed by atoms with E-state index in [-0.39, 0.29) is 5.75 Å². The van der Waals surface area contributed by atoms with Crippen molar-refractivity contribution in [1.29, 1.82) is 0 Å². The van der Waals surface area contributed by atoms with Crippen LogP contribution in [-0.4, -0.2) is 39.8 Å². The average Bonchev–Trinajstić information content (AvgIpc) is 3.02. The Balaban J connectivity index is 2.34. The SMILES string of the molecule is C=CCNC(=NCc1cccs1)NCCCNS(=O)(=O)CC. The molecule has 0 fully saturated rings. The maximum Gasteiger partial charge on any atom is 0.211 e. The van der Waals surface area contributed by atoms with Gasteiger partial charge in [0.2, 0.25) is 10.0 Å². The molecule has 6 nitrogen and oxygen atoms in total. The maximum absolute atomic E-state index is 11.3. The zero-order chi connectivity index (χ0) is 16.3. The number of nitrogens with zero attached hydrogens (tertiary/aromatic N) is 1. The van der Waals surface area contributed by atoms with Crippen LogP contribution in [0.1, 0.15) is 18.2 Å². The lowest BCUT2D eigenvalue weighted by Gasteiger charge is -2.11. The molecule has 124 valence electrons. The Morgan fingerprint density at radius 2 is 2.23 bits per heavy atom. The highest BCUT2D eigenvalue weighted by Crippen LogP contribution is 2.09. The molecule has 0 saturated heterocycles. The summed E-state index contributed by atoms with van der Waals surface area (Å²) in [7, 11) is -3.11. The fourth-order valence-corrected chi connectivity index (χ4v) is 2.82. The van der Waals surface area contributed by atoms with Gasteiger partial charge in [0.05, 0.1) is 12.3 Å². The van der Waals surface area contributed by atoms with Crippen molar-refractivity contribution >= 4 is 27.3 Å². The first kappa shape index (κ1) is 18.7. The number of sulfonamides is 1. The van der Waals surface area contributed by atoms with Crippen molar-refractivity contribution in [1.82, 2.24) is 15.4 Å². The van der Waals surface area contributed by atoms with E-state index in [1.807, 2.05) is 17.5 Å². The van der Waals surface area contributed by atoms with E-state index in [2.05, 4.69) is 26.9 Å². The van der Waals surface area contributed by atoms with Gasteiger partial charge in [0.15, 0.2) is 5.96 Å². The van der Waals surface area contributed by atoms with Crippen molar-refractivity contribution in [3.8, 4) is 0 Å². The van der Waals surface area contributed by atoms with Crippen molar-refractivity contribution < 1.29 is 8.42 Å². The predicted octanol–water partition coefficient (Wildman–Crippen LogP) is 1.30. The lowest BCUT2D eigenvalue weighted by atomic mass is 10.4. The van der Waals surface area contributed by atoms with Crippen LogP contribution in [0.25, 0.3) is 0 Å². The van der Waals surface area contributed by atoms with E-state index in [1.165, 1.54) is 4.88 Å². The third-order valence-corrected chi connectivity index (χ3v) is 5.00. The Hall–Kier alpha value is -1.38. The second-order valence-electron chi connectivity index (χ2n) is 4.49. The summed E-state index contributed by atoms with van der Waals surface area (Å²) in [6.07, 6.45) is 2.45. The molecule has 3 N–H and O–H groups in total. The number of hydrogen-bond donors (Lipinski definition) is 3. The van der Waals surface area contributed by atoms with Crippen molar-refractivity contribution in [3.05, 3.63) is 35.0 Å². The summed E-state index contributed by atoms with van der Waals surface area (Å²) in [6.45, 7) is 7.59. The number of guanidine groups is 1. The molecule has 0 aliphatic carbocycles. The van der Waals surface area contributed by atoms with Crippen LogP contribution in [0.3, 0.4) is 0 Å². The van der Waals surface area contributed by atoms with Crippen molar-refractivity contribution in [2.75, 3.05) is 25.4 Å². The second-order valence-corrected chi connectivity index (χ2v) is 7.62. The highest BCUT2D eigenvalue weighted by Gasteiger charge is 2.04. The molecule has 1 aromatic heterocycles. The molecule has 0 aromatic carbocycles. The maximum atomic E-state index is 11.3. The van der Waals surface area contributed by atoms with E-state index >= 15 is 0 Å². The minimum absolute atomic E-state index is 0.106. The molecule has 0 aliphatic heterocycles. The van der Waals surface area contributed by atoms with Crippen LogP contribution < -0.4 is 15.4 Å². The van der Waals surface area contributed by atoms with Crippen LogP contribution in [0.2, 0.25) is 0 Å². The largest absolute Gasteiger partial charge is 0.356 e. The summed E-state index contributed by atoms with van der Waals surface area (Å²) in [5, 5.41) is 8.34. The van der Waals surface area contributed by atoms with Crippen LogP contribution >= 0.6 is 11.3 Å². The Bertz CT molecular complexity index is 553. The summed E-state index contributed by atoms with van der Waals surface area (Å²) < 4.78 is 25.1. The number of thiophene rings is 1. The molecule has 0 aliphatic rings. The van der Waals surface area contributed by atoms with E-state index in [9.17, 15) is 8.42 Å². The summed E-state index contributed by atoms with van der Waals surface area (Å²) in [4.78, 5) is 5.67. The van der Waals surface area contributed by atoms with Gasteiger partial charge in [-0.2, -0.15) is 0 Å². The molecule has 1 heterocycles. The van der Waals surface area contributed by atoms with Gasteiger partial charge in [-0.3, -0.25) is 0 Å². The Morgan fingerprint density at radius 3 is 2.86 bits per heavy atom. The molecule has 0 unspecified atom stereocenters. The van der Waals surface area contributed by atoms with Crippen LogP contribution in [0, 0.1) is 0 Å². The highest BCUT2D eigenvalue weighted by molar-refractivity contribution is 7.89. The number of aliphatic imine (C=N–C) groups is 1. The molecule has 0 saturated carbocycles. The third-order valence-electron chi connectivity index (χ3n) is 2.73. The Labute approximate surface area is 136 Å². The van der Waals surface area contributed by atoms with Gasteiger partial charge in [-0.05, 0) is 24.8 Å². The zero-order valence-electron chi connectivity index (χ0n) is 12.8. The number of nitrogens with one attached hydrogen (secondary N) is 3. The van der Waals surface area contributed by atoms with E-state index < -0.39 is 10.0 Å². The van der Waals surface area contributed by atoms with Crippen LogP contribution in [0.4, 0.5) is 0 Å². The van der Waals surface area contributed by atoms with Gasteiger partial charge in [0.25, 0.3) is 0 Å². The summed E-state index contributed by atoms with van der Waals surface area (Å²) in [5.74, 6) is 0.807. The molecule has 0 amide bonds. The van der Waals surface area contributed by atoms with Crippen molar-refractivity contribution in [2.24, 2.45) is 4.99 Å². The lowest BCUT2D eigenvalue weighted by molar-refractivity contribution is 0.579. The molecule has 0 spiro atoms. The number of hydrogen-bond acceptors (Lipinski definition) is 4. The molecule has 1 aromatic rings. The van der Waals surface area contributed by atoms with E-state index in [0.717, 1.165) is 0 Å². The van der Waals surface area contributed by atoms with Gasteiger partial charge < -0.3 is 10.6 Å². The topological polar surface area (TPSA) is 82.6 Å². The molecule has 8 heteroatoms. The quantitative estimate of drug-likeness (QED) is 0.259. The third kappa shape index (κ3) is 8.16. The van der Waals surface area contributed by atoms with E-state index in [1.54, 1.807) is 24.3 Å². The lowest BCUT2D eigenvalue weighted by Crippen LogP contribution is -2.39. The molecule has 22 heavy (non-hydrogen) atoms. The zero-order valence-corrected chi connectivity index (χ0v) is 14.5. The van der Waals surface area contributed by atoms with Crippen LogP contribution in [0.15, 0.2) is 35.2 Å². The standard InChI is InChI=1S/C14H24N4O2S2/c1-3-8-15-14(17-12-13-7-5-11-21-13)16-9-6-10-18-22(19,20)4-2/h3,5,7,11,18H,1,4,6,8-10,12H2,2H3,(H2,15,16,17). The first-order chi connectivity index (χ1) is 10.6. The molecular formula is C14H24N4O2S2. The van der Waals surface area contributed by atoms with Gasteiger partial charge in [0, 0.05) is 24.5 Å². The molecule has 1 rings (SSSR count). The van der Waals surface area contributed by atoms with Gasteiger partial charge in [-0.15, -0.1) is 17.9 Å². The molecular weight excluding hydrogens is 320 g/mol. The fourth-order valence-electron chi connectivity index (χ4n) is 1.53. The highest BCUT2D eigenvalue weighted by atomic mass is 32.2. The average molecular weight is 345 g/mol. The van der Waals surface area contributed by atoms with Crippen LogP contribution in [-0.2, 0) is 16.6 Å². The fraction of sp³-hybridized carbons (Fsp3) is 0.500. The predicted molar refractivity (Wildman–Crippen MR) is 93.7 cm³/mol. The van der Waals surface area contributed by atoms with Crippen molar-refractivity contribution in [2.45, 2.75) is 19.9 Å². The summed E-state index contributed by atoms with van der Waals surface area (Å²) >= 11 is 1.67. The number of rotatable bonds is 10. The minimum atomic E-state index is -3.11. The molecule has 0 bridgehead atoms. The summed E-state index contributed by atoms with van der Waals surface area (Å²) in [5.41, 5.74) is 0. The first-order valence-corrected chi connectivity index (χ1v) is 9.73. The van der Waals surface area contributed by atoms with Crippen molar-refractivity contribution in [3.63, 3.8) is 0 Å². The minimum Gasteiger partial charge on any atom is -0.356 e. The molecule has 0 radical (unpaired) electrons.